The molecule has 2 aliphatic heterocycles. The predicted octanol–water partition coefficient (Wildman–Crippen LogP) is 6.70. The van der Waals surface area contributed by atoms with Crippen LogP contribution >= 0.6 is 23.8 Å². The van der Waals surface area contributed by atoms with Gasteiger partial charge in [-0.25, -0.2) is 0 Å². The molecule has 2 fully saturated rings. The van der Waals surface area contributed by atoms with Crippen molar-refractivity contribution in [2.75, 3.05) is 22.9 Å². The molecule has 2 saturated heterocycles. The van der Waals surface area contributed by atoms with Crippen LogP contribution in [0.25, 0.3) is 0 Å². The van der Waals surface area contributed by atoms with Crippen molar-refractivity contribution in [2.24, 2.45) is 5.92 Å². The van der Waals surface area contributed by atoms with Crippen molar-refractivity contribution in [2.45, 2.75) is 58.2 Å². The molecule has 1 aromatic carbocycles. The fraction of sp³-hybridized carbons (Fsp3) is 0.429. The van der Waals surface area contributed by atoms with Gasteiger partial charge in [-0.2, -0.15) is 0 Å². The highest BCUT2D eigenvalue weighted by atomic mass is 35.5. The van der Waals surface area contributed by atoms with Crippen LogP contribution < -0.4 is 15.1 Å². The lowest BCUT2D eigenvalue weighted by molar-refractivity contribution is 0.397. The molecule has 2 aromatic heterocycles. The van der Waals surface area contributed by atoms with Crippen molar-refractivity contribution in [1.29, 1.82) is 0 Å². The summed E-state index contributed by atoms with van der Waals surface area (Å²) >= 11 is 12.8. The van der Waals surface area contributed by atoms with Crippen LogP contribution in [0.3, 0.4) is 0 Å². The van der Waals surface area contributed by atoms with Crippen molar-refractivity contribution >= 4 is 40.3 Å². The Labute approximate surface area is 219 Å². The minimum atomic E-state index is -0.0680. The average Bonchev–Trinajstić information content (AvgIpc) is 3.45. The van der Waals surface area contributed by atoms with Gasteiger partial charge in [-0.3, -0.25) is 4.98 Å². The third-order valence-corrected chi connectivity index (χ3v) is 7.88. The molecule has 2 atom stereocenters. The highest BCUT2D eigenvalue weighted by molar-refractivity contribution is 7.80. The van der Waals surface area contributed by atoms with Crippen molar-refractivity contribution in [3.8, 4) is 0 Å². The maximum atomic E-state index is 6.89. The summed E-state index contributed by atoms with van der Waals surface area (Å²) in [5.41, 5.74) is 4.25. The fourth-order valence-electron chi connectivity index (χ4n) is 5.13. The Morgan fingerprint density at radius 1 is 1.09 bits per heavy atom. The Morgan fingerprint density at radius 2 is 1.86 bits per heavy atom. The minimum absolute atomic E-state index is 0.00693. The van der Waals surface area contributed by atoms with Crippen LogP contribution in [-0.2, 0) is 5.54 Å². The molecule has 7 heteroatoms. The Bertz CT molecular complexity index is 1190. The van der Waals surface area contributed by atoms with E-state index in [1.54, 1.807) is 0 Å². The second-order valence-corrected chi connectivity index (χ2v) is 11.6. The van der Waals surface area contributed by atoms with Gasteiger partial charge < -0.3 is 19.7 Å². The van der Waals surface area contributed by atoms with E-state index < -0.39 is 0 Å². The average molecular weight is 508 g/mol. The molecular weight excluding hydrogens is 474 g/mol. The monoisotopic (exact) mass is 507 g/mol. The molecular formula is C28H34ClN5S. The first kappa shape index (κ1) is 24.1. The molecule has 2 aliphatic rings. The summed E-state index contributed by atoms with van der Waals surface area (Å²) in [5, 5.41) is 5.01. The number of pyridine rings is 1. The first-order valence-electron chi connectivity index (χ1n) is 12.5. The first-order valence-corrected chi connectivity index (χ1v) is 13.2. The van der Waals surface area contributed by atoms with Crippen molar-refractivity contribution in [3.05, 3.63) is 77.3 Å². The zero-order valence-corrected chi connectivity index (χ0v) is 22.5. The molecule has 0 aliphatic carbocycles. The number of nitrogens with one attached hydrogen (secondary N) is 1. The van der Waals surface area contributed by atoms with Crippen LogP contribution in [-0.4, -0.2) is 27.8 Å². The number of aromatic nitrogens is 2. The zero-order chi connectivity index (χ0) is 24.7. The molecule has 1 N–H and O–H groups in total. The Balaban J connectivity index is 1.53. The number of hydrogen-bond acceptors (Lipinski definition) is 3. The van der Waals surface area contributed by atoms with E-state index in [2.05, 4.69) is 95.1 Å². The van der Waals surface area contributed by atoms with Gasteiger partial charge in [0.15, 0.2) is 5.11 Å². The van der Waals surface area contributed by atoms with Gasteiger partial charge in [-0.15, -0.1) is 0 Å². The van der Waals surface area contributed by atoms with Crippen molar-refractivity contribution in [1.82, 2.24) is 14.9 Å². The van der Waals surface area contributed by atoms with E-state index in [0.29, 0.717) is 5.11 Å². The predicted molar refractivity (Wildman–Crippen MR) is 149 cm³/mol. The van der Waals surface area contributed by atoms with E-state index in [1.165, 1.54) is 18.4 Å². The maximum absolute atomic E-state index is 6.89. The third kappa shape index (κ3) is 4.78. The van der Waals surface area contributed by atoms with E-state index in [0.717, 1.165) is 41.1 Å². The van der Waals surface area contributed by atoms with Gasteiger partial charge in [0.1, 0.15) is 0 Å². The number of nitrogens with zero attached hydrogens (tertiary/aromatic N) is 4. The first-order chi connectivity index (χ1) is 16.7. The van der Waals surface area contributed by atoms with Gasteiger partial charge in [-0.05, 0) is 93.7 Å². The molecule has 4 heterocycles. The molecule has 0 unspecified atom stereocenters. The van der Waals surface area contributed by atoms with Crippen LogP contribution in [0.15, 0.2) is 61.1 Å². The number of anilines is 2. The molecule has 0 spiro atoms. The van der Waals surface area contributed by atoms with Crippen LogP contribution in [0.5, 0.6) is 0 Å². The standard InChI is InChI=1S/C28H34ClN5S/c1-19-10-14-32(15-11-19)24-9-8-21(17-22(24)29)34-26(20-12-16-33(18-20)28(2,3)4)25(31-27(34)35)23-7-5-6-13-30-23/h5-9,12-13,16-19,25-26H,10-11,14-15H2,1-4H3,(H,31,35)/t25-,26+/m0/s1. The van der Waals surface area contributed by atoms with E-state index in [4.69, 9.17) is 23.8 Å². The molecule has 3 aromatic rings. The summed E-state index contributed by atoms with van der Waals surface area (Å²) in [7, 11) is 0. The van der Waals surface area contributed by atoms with Gasteiger partial charge in [-0.1, -0.05) is 24.6 Å². The molecule has 0 bridgehead atoms. The van der Waals surface area contributed by atoms with Crippen LogP contribution in [0.4, 0.5) is 11.4 Å². The molecule has 35 heavy (non-hydrogen) atoms. The number of halogens is 1. The molecule has 5 rings (SSSR count). The van der Waals surface area contributed by atoms with E-state index >= 15 is 0 Å². The van der Waals surface area contributed by atoms with Gasteiger partial charge in [0.2, 0.25) is 0 Å². The second kappa shape index (κ2) is 9.47. The van der Waals surface area contributed by atoms with Crippen LogP contribution in [0.2, 0.25) is 5.02 Å². The largest absolute Gasteiger partial charge is 0.370 e. The quantitative estimate of drug-likeness (QED) is 0.397. The number of thiocarbonyl (C=S) groups is 1. The number of hydrogen-bond donors (Lipinski definition) is 1. The van der Waals surface area contributed by atoms with Gasteiger partial charge >= 0.3 is 0 Å². The SMILES string of the molecule is CC1CCN(c2ccc(N3C(=S)N[C@@H](c4ccccn4)[C@H]3c3ccn(C(C)(C)C)c3)cc2Cl)CC1. The zero-order valence-electron chi connectivity index (χ0n) is 20.9. The van der Waals surface area contributed by atoms with Gasteiger partial charge in [0, 0.05) is 42.9 Å². The number of benzene rings is 1. The summed E-state index contributed by atoms with van der Waals surface area (Å²) in [5.74, 6) is 0.780. The topological polar surface area (TPSA) is 36.3 Å². The summed E-state index contributed by atoms with van der Waals surface area (Å²) in [6, 6.07) is 14.5. The third-order valence-electron chi connectivity index (χ3n) is 7.26. The normalized spacial score (nSPS) is 21.5. The lowest BCUT2D eigenvalue weighted by Gasteiger charge is -2.33. The highest BCUT2D eigenvalue weighted by Gasteiger charge is 2.41. The van der Waals surface area contributed by atoms with Crippen molar-refractivity contribution in [3.63, 3.8) is 0 Å². The summed E-state index contributed by atoms with van der Waals surface area (Å²) in [6.45, 7) is 11.1. The molecule has 0 saturated carbocycles. The number of rotatable bonds is 4. The minimum Gasteiger partial charge on any atom is -0.370 e. The molecule has 0 radical (unpaired) electrons. The van der Waals surface area contributed by atoms with Crippen LogP contribution in [0, 0.1) is 5.92 Å². The van der Waals surface area contributed by atoms with Gasteiger partial charge in [0.25, 0.3) is 0 Å². The van der Waals surface area contributed by atoms with E-state index in [-0.39, 0.29) is 17.6 Å². The summed E-state index contributed by atoms with van der Waals surface area (Å²) in [4.78, 5) is 9.27. The Hall–Kier alpha value is -2.57. The molecule has 184 valence electrons. The lowest BCUT2D eigenvalue weighted by atomic mass is 9.98. The van der Waals surface area contributed by atoms with Crippen LogP contribution in [0.1, 0.15) is 63.9 Å². The second-order valence-electron chi connectivity index (χ2n) is 10.8. The lowest BCUT2D eigenvalue weighted by Crippen LogP contribution is -2.33. The number of piperidine rings is 1. The maximum Gasteiger partial charge on any atom is 0.174 e. The van der Waals surface area contributed by atoms with E-state index in [1.807, 2.05) is 18.3 Å². The van der Waals surface area contributed by atoms with E-state index in [9.17, 15) is 0 Å². The highest BCUT2D eigenvalue weighted by Crippen LogP contribution is 2.43. The summed E-state index contributed by atoms with van der Waals surface area (Å²) in [6.07, 6.45) is 8.63. The Kier molecular flexibility index (Phi) is 6.53. The molecule has 5 nitrogen and oxygen atoms in total. The summed E-state index contributed by atoms with van der Waals surface area (Å²) < 4.78 is 2.25. The fourth-order valence-corrected chi connectivity index (χ4v) is 5.77. The smallest absolute Gasteiger partial charge is 0.174 e. The van der Waals surface area contributed by atoms with Gasteiger partial charge in [0.05, 0.1) is 28.5 Å². The Morgan fingerprint density at radius 3 is 2.49 bits per heavy atom. The van der Waals surface area contributed by atoms with Crippen molar-refractivity contribution < 1.29 is 0 Å². The molecule has 0 amide bonds.